The van der Waals surface area contributed by atoms with Crippen molar-refractivity contribution in [3.05, 3.63) is 29.6 Å². The Morgan fingerprint density at radius 1 is 1.46 bits per heavy atom. The van der Waals surface area contributed by atoms with E-state index in [1.54, 1.807) is 0 Å². The number of hydrogen-bond donors (Lipinski definition) is 2. The van der Waals surface area contributed by atoms with Gasteiger partial charge in [-0.25, -0.2) is 30.5 Å². The van der Waals surface area contributed by atoms with Gasteiger partial charge in [0, 0.05) is 18.3 Å². The highest BCUT2D eigenvalue weighted by Crippen LogP contribution is 2.34. The minimum absolute atomic E-state index is 0.0570. The zero-order chi connectivity index (χ0) is 18.3. The molecule has 1 atom stereocenters. The molecule has 134 valence electrons. The molecule has 0 fully saturated rings. The van der Waals surface area contributed by atoms with E-state index in [2.05, 4.69) is 9.71 Å². The maximum Gasteiger partial charge on any atom is 0.239 e. The second-order valence-electron chi connectivity index (χ2n) is 5.67. The molecule has 0 saturated heterocycles. The lowest BCUT2D eigenvalue weighted by Crippen LogP contribution is -2.50. The van der Waals surface area contributed by atoms with Gasteiger partial charge < -0.3 is 5.73 Å². The first-order valence-electron chi connectivity index (χ1n) is 7.03. The lowest BCUT2D eigenvalue weighted by molar-refractivity contribution is 0.458. The van der Waals surface area contributed by atoms with Crippen molar-refractivity contribution in [2.24, 2.45) is 10.7 Å². The molecule has 8 nitrogen and oxygen atoms in total. The minimum Gasteiger partial charge on any atom is -0.369 e. The predicted molar refractivity (Wildman–Crippen MR) is 90.0 cm³/mol. The van der Waals surface area contributed by atoms with Crippen molar-refractivity contribution >= 4 is 31.7 Å². The molecule has 24 heavy (non-hydrogen) atoms. The summed E-state index contributed by atoms with van der Waals surface area (Å²) in [4.78, 5) is 4.10. The molecule has 2 rings (SSSR count). The maximum absolute atomic E-state index is 14.3. The number of hydrogen-bond acceptors (Lipinski definition) is 6. The van der Waals surface area contributed by atoms with Crippen molar-refractivity contribution in [3.8, 4) is 0 Å². The van der Waals surface area contributed by atoms with Crippen LogP contribution in [-0.4, -0.2) is 45.7 Å². The third-order valence-electron chi connectivity index (χ3n) is 3.76. The van der Waals surface area contributed by atoms with E-state index >= 15 is 0 Å². The normalized spacial score (nSPS) is 23.7. The molecule has 0 saturated carbocycles. The number of anilines is 1. The number of halogens is 1. The van der Waals surface area contributed by atoms with E-state index < -0.39 is 37.2 Å². The summed E-state index contributed by atoms with van der Waals surface area (Å²) in [6, 6.07) is 3.55. The van der Waals surface area contributed by atoms with Gasteiger partial charge in [0.05, 0.1) is 11.5 Å². The smallest absolute Gasteiger partial charge is 0.239 e. The number of nitrogens with two attached hydrogens (primary N) is 1. The van der Waals surface area contributed by atoms with Crippen LogP contribution in [0.3, 0.4) is 0 Å². The van der Waals surface area contributed by atoms with Crippen LogP contribution in [0.1, 0.15) is 19.4 Å². The topological polar surface area (TPSA) is 122 Å². The van der Waals surface area contributed by atoms with Crippen LogP contribution < -0.4 is 10.5 Å². The van der Waals surface area contributed by atoms with Gasteiger partial charge in [-0.1, -0.05) is 0 Å². The number of nitrogens with zero attached hydrogens (tertiary/aromatic N) is 2. The van der Waals surface area contributed by atoms with Crippen LogP contribution in [0.25, 0.3) is 0 Å². The van der Waals surface area contributed by atoms with Crippen LogP contribution in [0.5, 0.6) is 0 Å². The number of sulfonamides is 2. The van der Waals surface area contributed by atoms with Crippen LogP contribution in [0.15, 0.2) is 23.2 Å². The van der Waals surface area contributed by atoms with Crippen LogP contribution >= 0.6 is 0 Å². The van der Waals surface area contributed by atoms with Gasteiger partial charge in [-0.2, -0.15) is 0 Å². The lowest BCUT2D eigenvalue weighted by Gasteiger charge is -2.34. The van der Waals surface area contributed by atoms with Crippen molar-refractivity contribution in [2.75, 3.05) is 23.3 Å². The van der Waals surface area contributed by atoms with Crippen molar-refractivity contribution in [1.29, 1.82) is 0 Å². The summed E-state index contributed by atoms with van der Waals surface area (Å²) in [7, 11) is -6.06. The summed E-state index contributed by atoms with van der Waals surface area (Å²) in [5.74, 6) is -1.60. The van der Waals surface area contributed by atoms with Gasteiger partial charge in [-0.05, 0) is 32.0 Å². The molecule has 1 aromatic rings. The molecule has 1 aliphatic heterocycles. The molecule has 0 radical (unpaired) electrons. The minimum atomic E-state index is -3.76. The molecule has 0 spiro atoms. The number of benzene rings is 1. The fourth-order valence-electron chi connectivity index (χ4n) is 2.34. The molecule has 3 N–H and O–H groups in total. The molecule has 0 amide bonds. The first-order chi connectivity index (χ1) is 10.9. The summed E-state index contributed by atoms with van der Waals surface area (Å²) in [6.45, 7) is 2.89. The van der Waals surface area contributed by atoms with Gasteiger partial charge in [0.25, 0.3) is 0 Å². The Bertz CT molecular complexity index is 899. The van der Waals surface area contributed by atoms with Gasteiger partial charge >= 0.3 is 0 Å². The highest BCUT2D eigenvalue weighted by atomic mass is 32.2. The summed E-state index contributed by atoms with van der Waals surface area (Å²) >= 11 is 0. The second-order valence-corrected chi connectivity index (χ2v) is 9.68. The summed E-state index contributed by atoms with van der Waals surface area (Å²) in [6.07, 6.45) is 0. The Morgan fingerprint density at radius 3 is 2.62 bits per heavy atom. The quantitative estimate of drug-likeness (QED) is 0.785. The van der Waals surface area contributed by atoms with E-state index in [1.165, 1.54) is 33.0 Å². The molecule has 0 unspecified atom stereocenters. The summed E-state index contributed by atoms with van der Waals surface area (Å²) in [5.41, 5.74) is 4.24. The molecule has 0 bridgehead atoms. The largest absolute Gasteiger partial charge is 0.369 e. The van der Waals surface area contributed by atoms with E-state index in [9.17, 15) is 21.2 Å². The standard InChI is InChI=1S/C13H19FN4O4S2/c1-4-23(19,20)17-9-5-6-11(14)10(7-9)13(2)8-24(21,22)18(3)12(15)16-13/h5-7,17H,4,8H2,1-3H3,(H2,15,16)/t13-/m0/s1. The average Bonchev–Trinajstić information content (AvgIpc) is 2.46. The highest BCUT2D eigenvalue weighted by molar-refractivity contribution is 7.92. The van der Waals surface area contributed by atoms with Gasteiger partial charge in [-0.3, -0.25) is 4.72 Å². The number of guanidine groups is 1. The fourth-order valence-corrected chi connectivity index (χ4v) is 4.42. The first kappa shape index (κ1) is 18.5. The molecule has 0 aliphatic carbocycles. The Kier molecular flexibility index (Phi) is 4.53. The van der Waals surface area contributed by atoms with Gasteiger partial charge in [-0.15, -0.1) is 0 Å². The van der Waals surface area contributed by atoms with Crippen LogP contribution in [0, 0.1) is 5.82 Å². The monoisotopic (exact) mass is 378 g/mol. The van der Waals surface area contributed by atoms with Crippen LogP contribution in [0.2, 0.25) is 0 Å². The Labute approximate surface area is 140 Å². The van der Waals surface area contributed by atoms with Gasteiger partial charge in [0.2, 0.25) is 26.0 Å². The number of rotatable bonds is 4. The molecule has 11 heteroatoms. The van der Waals surface area contributed by atoms with Crippen LogP contribution in [0.4, 0.5) is 10.1 Å². The van der Waals surface area contributed by atoms with E-state index in [-0.39, 0.29) is 23.0 Å². The van der Waals surface area contributed by atoms with Crippen molar-refractivity contribution in [1.82, 2.24) is 4.31 Å². The molecular formula is C13H19FN4O4S2. The molecule has 1 aromatic carbocycles. The predicted octanol–water partition coefficient (Wildman–Crippen LogP) is 0.392. The zero-order valence-electron chi connectivity index (χ0n) is 13.4. The van der Waals surface area contributed by atoms with Gasteiger partial charge in [0.1, 0.15) is 11.4 Å². The molecule has 0 aromatic heterocycles. The SMILES string of the molecule is CCS(=O)(=O)Nc1ccc(F)c([C@]2(C)CS(=O)(=O)N(C)C(N)=N2)c1. The molecular weight excluding hydrogens is 359 g/mol. The van der Waals surface area contributed by atoms with Gasteiger partial charge in [0.15, 0.2) is 0 Å². The van der Waals surface area contributed by atoms with E-state index in [0.717, 1.165) is 10.4 Å². The third kappa shape index (κ3) is 3.46. The lowest BCUT2D eigenvalue weighted by atomic mass is 9.93. The van der Waals surface area contributed by atoms with Crippen molar-refractivity contribution in [3.63, 3.8) is 0 Å². The second kappa shape index (κ2) is 5.88. The Hall–Kier alpha value is -1.88. The molecule has 1 aliphatic rings. The first-order valence-corrected chi connectivity index (χ1v) is 10.3. The highest BCUT2D eigenvalue weighted by Gasteiger charge is 2.41. The van der Waals surface area contributed by atoms with Crippen LogP contribution in [-0.2, 0) is 25.6 Å². The number of nitrogens with one attached hydrogen (secondary N) is 1. The van der Waals surface area contributed by atoms with E-state index in [4.69, 9.17) is 5.73 Å². The fraction of sp³-hybridized carbons (Fsp3) is 0.462. The van der Waals surface area contributed by atoms with E-state index in [0.29, 0.717) is 0 Å². The third-order valence-corrected chi connectivity index (χ3v) is 7.02. The average molecular weight is 378 g/mol. The Morgan fingerprint density at radius 2 is 2.08 bits per heavy atom. The Balaban J connectivity index is 2.56. The zero-order valence-corrected chi connectivity index (χ0v) is 15.1. The van der Waals surface area contributed by atoms with Crippen molar-refractivity contribution in [2.45, 2.75) is 19.4 Å². The van der Waals surface area contributed by atoms with Crippen molar-refractivity contribution < 1.29 is 21.2 Å². The number of aliphatic imine (C=N–C) groups is 1. The molecule has 1 heterocycles. The maximum atomic E-state index is 14.3. The summed E-state index contributed by atoms with van der Waals surface area (Å²) < 4.78 is 65.1. The summed E-state index contributed by atoms with van der Waals surface area (Å²) in [5, 5.41) is 0. The van der Waals surface area contributed by atoms with E-state index in [1.807, 2.05) is 0 Å².